The smallest absolute Gasteiger partial charge is 0.191 e. The molecule has 2 N–H and O–H groups in total. The highest BCUT2D eigenvalue weighted by Gasteiger charge is 2.23. The summed E-state index contributed by atoms with van der Waals surface area (Å²) in [5.74, 6) is 0.844. The normalized spacial score (nSPS) is 15.5. The molecule has 0 bridgehead atoms. The third-order valence-corrected chi connectivity index (χ3v) is 5.36. The standard InChI is InChI=1S/C23H33N5.HI/c1-24-23(25-17-19-11-13-21(14-12-19)27(2)3)26-18-22(28-15-7-8-16-28)20-9-5-4-6-10-20;/h4-6,9-14,22H,7-8,15-18H2,1-3H3,(H2,24,25,26);1H. The van der Waals surface area contributed by atoms with E-state index in [0.717, 1.165) is 19.0 Å². The topological polar surface area (TPSA) is 42.9 Å². The number of hydrogen-bond acceptors (Lipinski definition) is 3. The first-order valence-corrected chi connectivity index (χ1v) is 10.2. The average Bonchev–Trinajstić information content (AvgIpc) is 3.26. The Labute approximate surface area is 192 Å². The maximum absolute atomic E-state index is 4.41. The van der Waals surface area contributed by atoms with Crippen molar-refractivity contribution in [2.75, 3.05) is 45.7 Å². The van der Waals surface area contributed by atoms with Crippen molar-refractivity contribution in [2.45, 2.75) is 25.4 Å². The van der Waals surface area contributed by atoms with Crippen molar-refractivity contribution in [1.29, 1.82) is 0 Å². The van der Waals surface area contributed by atoms with Gasteiger partial charge in [-0.3, -0.25) is 9.89 Å². The molecule has 0 spiro atoms. The number of hydrogen-bond donors (Lipinski definition) is 2. The Morgan fingerprint density at radius 3 is 2.24 bits per heavy atom. The number of nitrogens with one attached hydrogen (secondary N) is 2. The van der Waals surface area contributed by atoms with Gasteiger partial charge in [0.25, 0.3) is 0 Å². The van der Waals surface area contributed by atoms with Crippen LogP contribution in [0.2, 0.25) is 0 Å². The minimum Gasteiger partial charge on any atom is -0.378 e. The summed E-state index contributed by atoms with van der Waals surface area (Å²) >= 11 is 0. The fraction of sp³-hybridized carbons (Fsp3) is 0.435. The largest absolute Gasteiger partial charge is 0.378 e. The van der Waals surface area contributed by atoms with Crippen LogP contribution < -0.4 is 15.5 Å². The van der Waals surface area contributed by atoms with Gasteiger partial charge in [0, 0.05) is 39.9 Å². The second kappa shape index (κ2) is 12.0. The molecule has 0 saturated carbocycles. The van der Waals surface area contributed by atoms with E-state index >= 15 is 0 Å². The highest BCUT2D eigenvalue weighted by molar-refractivity contribution is 14.0. The first kappa shape index (κ1) is 23.5. The lowest BCUT2D eigenvalue weighted by Gasteiger charge is -2.29. The van der Waals surface area contributed by atoms with Crippen molar-refractivity contribution in [3.8, 4) is 0 Å². The Hall–Kier alpha value is -1.80. The van der Waals surface area contributed by atoms with Gasteiger partial charge in [0.2, 0.25) is 0 Å². The number of anilines is 1. The molecule has 1 aliphatic heterocycles. The van der Waals surface area contributed by atoms with Gasteiger partial charge < -0.3 is 15.5 Å². The summed E-state index contributed by atoms with van der Waals surface area (Å²) in [6.07, 6.45) is 2.58. The molecule has 158 valence electrons. The van der Waals surface area contributed by atoms with Gasteiger partial charge in [0.15, 0.2) is 5.96 Å². The van der Waals surface area contributed by atoms with Gasteiger partial charge in [-0.05, 0) is 49.2 Å². The van der Waals surface area contributed by atoms with Crippen LogP contribution in [0.1, 0.15) is 30.0 Å². The SMILES string of the molecule is CN=C(NCc1ccc(N(C)C)cc1)NCC(c1ccccc1)N1CCCC1.I. The van der Waals surface area contributed by atoms with Crippen LogP contribution in [0.5, 0.6) is 0 Å². The van der Waals surface area contributed by atoms with E-state index in [1.54, 1.807) is 0 Å². The van der Waals surface area contributed by atoms with Crippen LogP contribution in [0, 0.1) is 0 Å². The van der Waals surface area contributed by atoms with Crippen molar-refractivity contribution < 1.29 is 0 Å². The summed E-state index contributed by atoms with van der Waals surface area (Å²) in [6, 6.07) is 19.8. The van der Waals surface area contributed by atoms with E-state index in [9.17, 15) is 0 Å². The van der Waals surface area contributed by atoms with Crippen LogP contribution in [-0.4, -0.2) is 51.6 Å². The quantitative estimate of drug-likeness (QED) is 0.339. The molecule has 1 heterocycles. The lowest BCUT2D eigenvalue weighted by molar-refractivity contribution is 0.245. The lowest BCUT2D eigenvalue weighted by Crippen LogP contribution is -2.42. The number of aliphatic imine (C=N–C) groups is 1. The molecular weight excluding hydrogens is 473 g/mol. The first-order valence-electron chi connectivity index (χ1n) is 10.2. The molecule has 1 unspecified atom stereocenters. The summed E-state index contributed by atoms with van der Waals surface area (Å²) in [5, 5.41) is 6.97. The molecule has 3 rings (SSSR count). The van der Waals surface area contributed by atoms with E-state index in [-0.39, 0.29) is 24.0 Å². The maximum Gasteiger partial charge on any atom is 0.191 e. The average molecular weight is 507 g/mol. The van der Waals surface area contributed by atoms with Crippen molar-refractivity contribution in [3.63, 3.8) is 0 Å². The molecule has 0 amide bonds. The van der Waals surface area contributed by atoms with Crippen LogP contribution in [0.3, 0.4) is 0 Å². The molecule has 0 aliphatic carbocycles. The van der Waals surface area contributed by atoms with E-state index < -0.39 is 0 Å². The molecule has 5 nitrogen and oxygen atoms in total. The molecule has 2 aromatic rings. The fourth-order valence-electron chi connectivity index (χ4n) is 3.70. The summed E-state index contributed by atoms with van der Waals surface area (Å²) in [4.78, 5) is 9.10. The number of benzene rings is 2. The van der Waals surface area contributed by atoms with E-state index in [4.69, 9.17) is 0 Å². The number of halogens is 1. The minimum absolute atomic E-state index is 0. The number of likely N-dealkylation sites (tertiary alicyclic amines) is 1. The summed E-state index contributed by atoms with van der Waals surface area (Å²) in [6.45, 7) is 3.95. The zero-order valence-electron chi connectivity index (χ0n) is 17.8. The maximum atomic E-state index is 4.41. The van der Waals surface area contributed by atoms with Crippen LogP contribution in [0.25, 0.3) is 0 Å². The highest BCUT2D eigenvalue weighted by Crippen LogP contribution is 2.24. The van der Waals surface area contributed by atoms with E-state index in [0.29, 0.717) is 6.04 Å². The Morgan fingerprint density at radius 1 is 1.00 bits per heavy atom. The zero-order chi connectivity index (χ0) is 19.8. The predicted octanol–water partition coefficient (Wildman–Crippen LogP) is 3.87. The van der Waals surface area contributed by atoms with Gasteiger partial charge in [-0.1, -0.05) is 42.5 Å². The van der Waals surface area contributed by atoms with E-state index in [1.807, 2.05) is 7.05 Å². The summed E-state index contributed by atoms with van der Waals surface area (Å²) < 4.78 is 0. The van der Waals surface area contributed by atoms with Crippen LogP contribution >= 0.6 is 24.0 Å². The molecule has 1 aliphatic rings. The highest BCUT2D eigenvalue weighted by atomic mass is 127. The van der Waals surface area contributed by atoms with Gasteiger partial charge in [0.1, 0.15) is 0 Å². The second-order valence-electron chi connectivity index (χ2n) is 7.54. The van der Waals surface area contributed by atoms with Crippen molar-refractivity contribution in [2.24, 2.45) is 4.99 Å². The Morgan fingerprint density at radius 2 is 1.66 bits per heavy atom. The molecular formula is C23H34IN5. The Kier molecular flexibility index (Phi) is 9.73. The summed E-state index contributed by atoms with van der Waals surface area (Å²) in [7, 11) is 5.95. The van der Waals surface area contributed by atoms with Crippen molar-refractivity contribution in [1.82, 2.24) is 15.5 Å². The molecule has 0 radical (unpaired) electrons. The predicted molar refractivity (Wildman–Crippen MR) is 134 cm³/mol. The monoisotopic (exact) mass is 507 g/mol. The third-order valence-electron chi connectivity index (χ3n) is 5.36. The molecule has 0 aromatic heterocycles. The summed E-state index contributed by atoms with van der Waals surface area (Å²) in [5.41, 5.74) is 3.82. The van der Waals surface area contributed by atoms with Gasteiger partial charge in [-0.2, -0.15) is 0 Å². The number of nitrogens with zero attached hydrogens (tertiary/aromatic N) is 3. The fourth-order valence-corrected chi connectivity index (χ4v) is 3.70. The molecule has 2 aromatic carbocycles. The van der Waals surface area contributed by atoms with Crippen molar-refractivity contribution >= 4 is 35.6 Å². The number of guanidine groups is 1. The van der Waals surface area contributed by atoms with Crippen LogP contribution in [-0.2, 0) is 6.54 Å². The Bertz CT molecular complexity index is 740. The van der Waals surface area contributed by atoms with Crippen LogP contribution in [0.15, 0.2) is 59.6 Å². The first-order chi connectivity index (χ1) is 13.7. The second-order valence-corrected chi connectivity index (χ2v) is 7.54. The zero-order valence-corrected chi connectivity index (χ0v) is 20.1. The minimum atomic E-state index is 0. The van der Waals surface area contributed by atoms with Gasteiger partial charge >= 0.3 is 0 Å². The van der Waals surface area contributed by atoms with Gasteiger partial charge in [-0.15, -0.1) is 24.0 Å². The van der Waals surface area contributed by atoms with Crippen LogP contribution in [0.4, 0.5) is 5.69 Å². The molecule has 1 saturated heterocycles. The molecule has 29 heavy (non-hydrogen) atoms. The van der Waals surface area contributed by atoms with E-state index in [1.165, 1.54) is 42.7 Å². The van der Waals surface area contributed by atoms with Crippen molar-refractivity contribution in [3.05, 3.63) is 65.7 Å². The van der Waals surface area contributed by atoms with E-state index in [2.05, 4.69) is 94.1 Å². The molecule has 1 fully saturated rings. The van der Waals surface area contributed by atoms with Gasteiger partial charge in [-0.25, -0.2) is 0 Å². The molecule has 1 atom stereocenters. The molecule has 6 heteroatoms. The number of rotatable bonds is 7. The lowest BCUT2D eigenvalue weighted by atomic mass is 10.1. The third kappa shape index (κ3) is 6.89. The Balaban J connectivity index is 0.00000300. The van der Waals surface area contributed by atoms with Gasteiger partial charge in [0.05, 0.1) is 6.04 Å².